The highest BCUT2D eigenvalue weighted by molar-refractivity contribution is 5.67. The molecule has 1 spiro atoms. The number of hydrogen-bond acceptors (Lipinski definition) is 4. The van der Waals surface area contributed by atoms with Gasteiger partial charge in [0.05, 0.1) is 12.7 Å². The van der Waals surface area contributed by atoms with Gasteiger partial charge in [0.2, 0.25) is 0 Å². The summed E-state index contributed by atoms with van der Waals surface area (Å²) < 4.78 is 19.6. The lowest BCUT2D eigenvalue weighted by atomic mass is 9.47. The first-order valence-electron chi connectivity index (χ1n) is 16.6. The van der Waals surface area contributed by atoms with Crippen LogP contribution in [-0.4, -0.2) is 42.6 Å². The molecule has 41 heavy (non-hydrogen) atoms. The van der Waals surface area contributed by atoms with E-state index in [0.717, 1.165) is 55.6 Å². The number of benzene rings is 1. The van der Waals surface area contributed by atoms with Gasteiger partial charge in [-0.05, 0) is 90.9 Å². The molecule has 5 fully saturated rings. The molecule has 5 nitrogen and oxygen atoms in total. The number of ether oxygens (including phenoxy) is 3. The van der Waals surface area contributed by atoms with E-state index in [1.54, 1.807) is 10.5 Å². The molecular weight excluding hydrogens is 510 g/mol. The first-order chi connectivity index (χ1) is 19.6. The molecule has 2 saturated heterocycles. The van der Waals surface area contributed by atoms with E-state index in [0.29, 0.717) is 35.8 Å². The zero-order chi connectivity index (χ0) is 28.6. The van der Waals surface area contributed by atoms with Gasteiger partial charge in [-0.15, -0.1) is 0 Å². The van der Waals surface area contributed by atoms with Crippen LogP contribution in [-0.2, 0) is 20.8 Å². The summed E-state index contributed by atoms with van der Waals surface area (Å²) in [7, 11) is 1.84. The summed E-state index contributed by atoms with van der Waals surface area (Å²) in [5, 5.41) is 0. The molecule has 1 amide bonds. The van der Waals surface area contributed by atoms with E-state index in [1.165, 1.54) is 32.1 Å². The van der Waals surface area contributed by atoms with Crippen molar-refractivity contribution in [2.45, 2.75) is 110 Å². The normalized spacial score (nSPS) is 46.6. The molecule has 0 bridgehead atoms. The Balaban J connectivity index is 1.03. The molecule has 1 aromatic carbocycles. The van der Waals surface area contributed by atoms with Gasteiger partial charge in [0.15, 0.2) is 5.79 Å². The summed E-state index contributed by atoms with van der Waals surface area (Å²) >= 11 is 0. The molecule has 3 saturated carbocycles. The fourth-order valence-electron chi connectivity index (χ4n) is 10.9. The van der Waals surface area contributed by atoms with Crippen molar-refractivity contribution in [1.82, 2.24) is 4.90 Å². The third-order valence-corrected chi connectivity index (χ3v) is 13.2. The summed E-state index contributed by atoms with van der Waals surface area (Å²) in [6.07, 6.45) is 13.0. The van der Waals surface area contributed by atoms with Crippen LogP contribution in [0.25, 0.3) is 0 Å². The third kappa shape index (κ3) is 4.42. The summed E-state index contributed by atoms with van der Waals surface area (Å²) in [6.45, 7) is 11.3. The maximum atomic E-state index is 13.0. The highest BCUT2D eigenvalue weighted by Gasteiger charge is 2.68. The minimum absolute atomic E-state index is 0.0139. The summed E-state index contributed by atoms with van der Waals surface area (Å²) in [6, 6.07) is 10.1. The van der Waals surface area contributed by atoms with Crippen molar-refractivity contribution in [3.05, 3.63) is 47.5 Å². The first-order valence-corrected chi connectivity index (χ1v) is 16.6. The second kappa shape index (κ2) is 10.1. The van der Waals surface area contributed by atoms with Crippen LogP contribution in [0.1, 0.15) is 91.0 Å². The summed E-state index contributed by atoms with van der Waals surface area (Å²) in [5.41, 5.74) is 3.26. The number of amides is 1. The molecule has 0 unspecified atom stereocenters. The molecule has 1 aromatic rings. The van der Waals surface area contributed by atoms with Crippen LogP contribution in [0.5, 0.6) is 0 Å². The number of carbonyl (C=O) groups excluding carboxylic acids is 1. The Morgan fingerprint density at radius 1 is 1.05 bits per heavy atom. The minimum Gasteiger partial charge on any atom is -0.446 e. The molecular formula is C36H51NO4. The van der Waals surface area contributed by atoms with Gasteiger partial charge in [-0.2, -0.15) is 0 Å². The highest BCUT2D eigenvalue weighted by atomic mass is 16.7. The Bertz CT molecular complexity index is 1170. The molecule has 2 heterocycles. The van der Waals surface area contributed by atoms with Gasteiger partial charge in [0.25, 0.3) is 0 Å². The second-order valence-electron chi connectivity index (χ2n) is 15.4. The lowest BCUT2D eigenvalue weighted by Crippen LogP contribution is -2.52. The molecule has 0 N–H and O–H groups in total. The highest BCUT2D eigenvalue weighted by Crippen LogP contribution is 2.70. The standard InChI is InChI=1S/C36H51NO4/c1-23-13-18-36(39-22-23)24(2)32-31(41-36)20-30-28-12-11-26-19-27(14-16-34(26,3)29(28)15-17-35(30,32)4)40-33(38)37(5)21-25-9-7-6-8-10-25/h6-11,23-24,27-32H,12-22H2,1-5H3/t23-,24+,27+,28-,29+,30+,31+,32+,34+,35+,36-/m1/s1. The molecule has 5 heteroatoms. The molecule has 6 aliphatic rings. The van der Waals surface area contributed by atoms with Crippen LogP contribution in [0.15, 0.2) is 42.0 Å². The Morgan fingerprint density at radius 3 is 2.61 bits per heavy atom. The van der Waals surface area contributed by atoms with Crippen LogP contribution in [0.2, 0.25) is 0 Å². The Labute approximate surface area is 247 Å². The Hall–Kier alpha value is -1.85. The molecule has 7 rings (SSSR count). The Morgan fingerprint density at radius 2 is 1.85 bits per heavy atom. The van der Waals surface area contributed by atoms with Gasteiger partial charge in [-0.3, -0.25) is 0 Å². The fraction of sp³-hybridized carbons (Fsp3) is 0.750. The minimum atomic E-state index is -0.330. The number of fused-ring (bicyclic) bond motifs is 7. The van der Waals surface area contributed by atoms with Crippen LogP contribution in [0.4, 0.5) is 4.79 Å². The predicted molar refractivity (Wildman–Crippen MR) is 160 cm³/mol. The lowest BCUT2D eigenvalue weighted by Gasteiger charge is -2.58. The average molecular weight is 562 g/mol. The average Bonchev–Trinajstić information content (AvgIpc) is 3.40. The first kappa shape index (κ1) is 28.0. The van der Waals surface area contributed by atoms with E-state index in [2.05, 4.69) is 45.9 Å². The van der Waals surface area contributed by atoms with Crippen LogP contribution in [0, 0.1) is 46.3 Å². The van der Waals surface area contributed by atoms with Gasteiger partial charge in [0, 0.05) is 32.4 Å². The van der Waals surface area contributed by atoms with Crippen LogP contribution >= 0.6 is 0 Å². The van der Waals surface area contributed by atoms with Gasteiger partial charge in [-0.1, -0.05) is 69.7 Å². The van der Waals surface area contributed by atoms with Crippen molar-refractivity contribution in [3.8, 4) is 0 Å². The van der Waals surface area contributed by atoms with E-state index in [-0.39, 0.29) is 23.4 Å². The number of rotatable bonds is 3. The van der Waals surface area contributed by atoms with E-state index < -0.39 is 0 Å². The topological polar surface area (TPSA) is 48.0 Å². The fourth-order valence-corrected chi connectivity index (χ4v) is 10.9. The quantitative estimate of drug-likeness (QED) is 0.351. The van der Waals surface area contributed by atoms with E-state index in [1.807, 2.05) is 25.2 Å². The lowest BCUT2D eigenvalue weighted by molar-refractivity contribution is -0.272. The van der Waals surface area contributed by atoms with Crippen LogP contribution in [0.3, 0.4) is 0 Å². The molecule has 11 atom stereocenters. The zero-order valence-corrected chi connectivity index (χ0v) is 25.9. The number of carbonyl (C=O) groups is 1. The molecule has 4 aliphatic carbocycles. The van der Waals surface area contributed by atoms with E-state index in [9.17, 15) is 4.79 Å². The maximum absolute atomic E-state index is 13.0. The van der Waals surface area contributed by atoms with Crippen molar-refractivity contribution >= 4 is 6.09 Å². The number of allylic oxidation sites excluding steroid dienone is 1. The van der Waals surface area contributed by atoms with E-state index in [4.69, 9.17) is 14.2 Å². The van der Waals surface area contributed by atoms with Gasteiger partial charge >= 0.3 is 6.09 Å². The second-order valence-corrected chi connectivity index (χ2v) is 15.4. The van der Waals surface area contributed by atoms with Crippen molar-refractivity contribution in [1.29, 1.82) is 0 Å². The zero-order valence-electron chi connectivity index (χ0n) is 25.9. The Kier molecular flexibility index (Phi) is 6.90. The predicted octanol–water partition coefficient (Wildman–Crippen LogP) is 7.99. The monoisotopic (exact) mass is 561 g/mol. The SMILES string of the molecule is C[C@@H]1CC[C@@]2(OC1)O[C@H]1C[C@H]3[C@@H]4CC=C5C[C@@H](OC(=O)N(C)Cc6ccccc6)CC[C@]5(C)[C@H]4CC[C@]3(C)[C@H]1[C@@H]2C. The molecule has 2 aliphatic heterocycles. The van der Waals surface area contributed by atoms with Crippen molar-refractivity contribution < 1.29 is 19.0 Å². The van der Waals surface area contributed by atoms with Gasteiger partial charge in [0.1, 0.15) is 6.10 Å². The van der Waals surface area contributed by atoms with Gasteiger partial charge in [-0.25, -0.2) is 4.79 Å². The van der Waals surface area contributed by atoms with Crippen molar-refractivity contribution in [3.63, 3.8) is 0 Å². The molecule has 0 aromatic heterocycles. The van der Waals surface area contributed by atoms with Gasteiger partial charge < -0.3 is 19.1 Å². The molecule has 224 valence electrons. The number of nitrogens with zero attached hydrogens (tertiary/aromatic N) is 1. The smallest absolute Gasteiger partial charge is 0.410 e. The summed E-state index contributed by atoms with van der Waals surface area (Å²) in [4.78, 5) is 14.7. The van der Waals surface area contributed by atoms with Crippen molar-refractivity contribution in [2.24, 2.45) is 46.3 Å². The van der Waals surface area contributed by atoms with E-state index >= 15 is 0 Å². The van der Waals surface area contributed by atoms with Crippen molar-refractivity contribution in [2.75, 3.05) is 13.7 Å². The largest absolute Gasteiger partial charge is 0.446 e. The summed E-state index contributed by atoms with van der Waals surface area (Å²) in [5.74, 6) is 3.61. The van der Waals surface area contributed by atoms with Crippen LogP contribution < -0.4 is 0 Å². The number of hydrogen-bond donors (Lipinski definition) is 0. The maximum Gasteiger partial charge on any atom is 0.410 e. The molecule has 0 radical (unpaired) electrons. The third-order valence-electron chi connectivity index (χ3n) is 13.2.